The molecule has 2 fully saturated rings. The lowest BCUT2D eigenvalue weighted by atomic mass is 9.68. The van der Waals surface area contributed by atoms with E-state index in [-0.39, 0.29) is 11.9 Å². The van der Waals surface area contributed by atoms with E-state index in [1.165, 1.54) is 6.42 Å². The Morgan fingerprint density at radius 2 is 1.81 bits per heavy atom. The summed E-state index contributed by atoms with van der Waals surface area (Å²) < 4.78 is 0. The molecular formula is C20H29N3O3. The predicted octanol–water partition coefficient (Wildman–Crippen LogP) is 3.76. The highest BCUT2D eigenvalue weighted by Gasteiger charge is 2.48. The van der Waals surface area contributed by atoms with E-state index in [1.54, 1.807) is 0 Å². The maximum atomic E-state index is 13.0. The van der Waals surface area contributed by atoms with E-state index in [9.17, 15) is 14.7 Å². The summed E-state index contributed by atoms with van der Waals surface area (Å²) in [5.74, 6) is 1.91. The molecule has 1 N–H and O–H groups in total. The number of carbonyl (C=O) groups excluding carboxylic acids is 1. The normalized spacial score (nSPS) is 22.9. The van der Waals surface area contributed by atoms with Crippen LogP contribution in [0.25, 0.3) is 0 Å². The van der Waals surface area contributed by atoms with Crippen LogP contribution in [0.5, 0.6) is 0 Å². The summed E-state index contributed by atoms with van der Waals surface area (Å²) in [5, 5.41) is 17.9. The summed E-state index contributed by atoms with van der Waals surface area (Å²) in [4.78, 5) is 26.7. The Bertz CT molecular complexity index is 606. The van der Waals surface area contributed by atoms with Crippen LogP contribution in [-0.4, -0.2) is 40.1 Å². The lowest BCUT2D eigenvalue weighted by Gasteiger charge is -2.45. The molecule has 1 aliphatic heterocycles. The molecule has 0 bridgehead atoms. The highest BCUT2D eigenvalue weighted by molar-refractivity contribution is 5.80. The van der Waals surface area contributed by atoms with E-state index >= 15 is 0 Å². The van der Waals surface area contributed by atoms with E-state index in [1.807, 2.05) is 4.90 Å². The first-order chi connectivity index (χ1) is 12.5. The second-order valence-electron chi connectivity index (χ2n) is 8.14. The fraction of sp³-hybridized carbons (Fsp3) is 0.800. The second kappa shape index (κ2) is 7.77. The molecular weight excluding hydrogens is 330 g/mol. The Morgan fingerprint density at radius 3 is 2.31 bits per heavy atom. The van der Waals surface area contributed by atoms with Crippen LogP contribution >= 0.6 is 0 Å². The Hall–Kier alpha value is -1.90. The number of hydrogen-bond acceptors (Lipinski definition) is 4. The zero-order chi connectivity index (χ0) is 18.6. The average Bonchev–Trinajstić information content (AvgIpc) is 3.38. The maximum Gasteiger partial charge on any atom is 0.311 e. The third-order valence-corrected chi connectivity index (χ3v) is 6.36. The number of terminal acetylenes is 1. The summed E-state index contributed by atoms with van der Waals surface area (Å²) in [6.45, 7) is 0.359. The topological polar surface area (TPSA) is 82.3 Å². The van der Waals surface area contributed by atoms with Crippen LogP contribution in [0.1, 0.15) is 77.0 Å². The molecule has 0 spiro atoms. The van der Waals surface area contributed by atoms with E-state index < -0.39 is 17.0 Å². The fourth-order valence-electron chi connectivity index (χ4n) is 4.30. The van der Waals surface area contributed by atoms with Crippen molar-refractivity contribution in [1.29, 1.82) is 0 Å². The van der Waals surface area contributed by atoms with Gasteiger partial charge in [-0.15, -0.1) is 12.3 Å². The van der Waals surface area contributed by atoms with Crippen molar-refractivity contribution in [3.8, 4) is 12.3 Å². The Balaban J connectivity index is 1.63. The van der Waals surface area contributed by atoms with Gasteiger partial charge in [0.2, 0.25) is 5.91 Å². The number of rotatable bonds is 9. The Kier molecular flexibility index (Phi) is 5.64. The molecule has 0 saturated heterocycles. The highest BCUT2D eigenvalue weighted by atomic mass is 16.4. The largest absolute Gasteiger partial charge is 0.481 e. The lowest BCUT2D eigenvalue weighted by molar-refractivity contribution is -0.159. The standard InChI is InChI=1S/C20H29N3O3/c1-2-3-13-20(21-22-20)14-10-17(24)23(16-8-5-4-6-9-16)15-19(18(25)26)11-7-12-19/h1,16H,3-15H2,(H,25,26). The molecule has 3 rings (SSSR count). The summed E-state index contributed by atoms with van der Waals surface area (Å²) in [7, 11) is 0. The van der Waals surface area contributed by atoms with Gasteiger partial charge in [-0.3, -0.25) is 9.59 Å². The van der Waals surface area contributed by atoms with Gasteiger partial charge in [0.25, 0.3) is 0 Å². The van der Waals surface area contributed by atoms with E-state index in [0.717, 1.165) is 32.1 Å². The van der Waals surface area contributed by atoms with Crippen molar-refractivity contribution in [1.82, 2.24) is 4.90 Å². The van der Waals surface area contributed by atoms with Crippen molar-refractivity contribution in [2.24, 2.45) is 15.6 Å². The fourth-order valence-corrected chi connectivity index (χ4v) is 4.30. The number of hydrogen-bond donors (Lipinski definition) is 1. The predicted molar refractivity (Wildman–Crippen MR) is 97.4 cm³/mol. The van der Waals surface area contributed by atoms with Gasteiger partial charge in [-0.2, -0.15) is 10.2 Å². The number of aliphatic carboxylic acids is 1. The van der Waals surface area contributed by atoms with Gasteiger partial charge in [-0.05, 0) is 25.7 Å². The quantitative estimate of drug-likeness (QED) is 0.636. The first kappa shape index (κ1) is 18.9. The smallest absolute Gasteiger partial charge is 0.311 e. The molecule has 0 radical (unpaired) electrons. The molecule has 6 heteroatoms. The molecule has 0 aromatic heterocycles. The molecule has 2 saturated carbocycles. The van der Waals surface area contributed by atoms with Crippen LogP contribution in [0.4, 0.5) is 0 Å². The Morgan fingerprint density at radius 1 is 1.12 bits per heavy atom. The van der Waals surface area contributed by atoms with Crippen LogP contribution in [-0.2, 0) is 9.59 Å². The van der Waals surface area contributed by atoms with Gasteiger partial charge in [-0.25, -0.2) is 0 Å². The maximum absolute atomic E-state index is 13.0. The van der Waals surface area contributed by atoms with Gasteiger partial charge in [0.15, 0.2) is 5.66 Å². The van der Waals surface area contributed by atoms with Gasteiger partial charge in [0, 0.05) is 38.3 Å². The molecule has 142 valence electrons. The van der Waals surface area contributed by atoms with Crippen LogP contribution < -0.4 is 0 Å². The molecule has 0 unspecified atom stereocenters. The summed E-state index contributed by atoms with van der Waals surface area (Å²) >= 11 is 0. The minimum atomic E-state index is -0.755. The molecule has 1 heterocycles. The third kappa shape index (κ3) is 4.08. The van der Waals surface area contributed by atoms with Crippen LogP contribution in [0.3, 0.4) is 0 Å². The molecule has 0 atom stereocenters. The molecule has 0 aromatic rings. The molecule has 3 aliphatic rings. The van der Waals surface area contributed by atoms with Crippen LogP contribution in [0.2, 0.25) is 0 Å². The number of carbonyl (C=O) groups is 2. The summed E-state index contributed by atoms with van der Waals surface area (Å²) in [5.41, 5.74) is -1.19. The van der Waals surface area contributed by atoms with Crippen molar-refractivity contribution < 1.29 is 14.7 Å². The number of carboxylic acid groups (broad SMARTS) is 1. The first-order valence-electron chi connectivity index (χ1n) is 9.91. The monoisotopic (exact) mass is 359 g/mol. The molecule has 1 amide bonds. The van der Waals surface area contributed by atoms with E-state index in [0.29, 0.717) is 45.1 Å². The van der Waals surface area contributed by atoms with Crippen molar-refractivity contribution in [3.63, 3.8) is 0 Å². The molecule has 6 nitrogen and oxygen atoms in total. The first-order valence-corrected chi connectivity index (χ1v) is 9.91. The summed E-state index contributed by atoms with van der Waals surface area (Å²) in [6.07, 6.45) is 15.3. The van der Waals surface area contributed by atoms with Crippen molar-refractivity contribution in [2.45, 2.75) is 88.8 Å². The third-order valence-electron chi connectivity index (χ3n) is 6.36. The minimum Gasteiger partial charge on any atom is -0.481 e. The van der Waals surface area contributed by atoms with Crippen molar-refractivity contribution in [3.05, 3.63) is 0 Å². The Labute approximate surface area is 155 Å². The van der Waals surface area contributed by atoms with Crippen molar-refractivity contribution >= 4 is 11.9 Å². The number of nitrogens with zero attached hydrogens (tertiary/aromatic N) is 3. The molecule has 0 aromatic carbocycles. The van der Waals surface area contributed by atoms with Gasteiger partial charge < -0.3 is 10.0 Å². The minimum absolute atomic E-state index is 0.0572. The van der Waals surface area contributed by atoms with Gasteiger partial charge >= 0.3 is 5.97 Å². The lowest BCUT2D eigenvalue weighted by Crippen LogP contribution is -2.53. The van der Waals surface area contributed by atoms with Gasteiger partial charge in [0.1, 0.15) is 0 Å². The number of amides is 1. The van der Waals surface area contributed by atoms with E-state index in [2.05, 4.69) is 16.1 Å². The van der Waals surface area contributed by atoms with Crippen LogP contribution in [0.15, 0.2) is 10.2 Å². The van der Waals surface area contributed by atoms with Gasteiger partial charge in [-0.1, -0.05) is 25.7 Å². The SMILES string of the molecule is C#CCCC1(CCC(=O)N(CC2(C(=O)O)CCC2)C2CCCCC2)N=N1. The van der Waals surface area contributed by atoms with E-state index in [4.69, 9.17) is 6.42 Å². The zero-order valence-electron chi connectivity index (χ0n) is 15.5. The molecule has 26 heavy (non-hydrogen) atoms. The second-order valence-corrected chi connectivity index (χ2v) is 8.14. The van der Waals surface area contributed by atoms with Crippen molar-refractivity contribution in [2.75, 3.05) is 6.54 Å². The number of carboxylic acids is 1. The summed E-state index contributed by atoms with van der Waals surface area (Å²) in [6, 6.07) is 0.183. The highest BCUT2D eigenvalue weighted by Crippen LogP contribution is 2.43. The average molecular weight is 359 g/mol. The zero-order valence-corrected chi connectivity index (χ0v) is 15.5. The van der Waals surface area contributed by atoms with Crippen LogP contribution in [0, 0.1) is 17.8 Å². The molecule has 2 aliphatic carbocycles. The van der Waals surface area contributed by atoms with Gasteiger partial charge in [0.05, 0.1) is 5.41 Å².